The summed E-state index contributed by atoms with van der Waals surface area (Å²) in [6.07, 6.45) is 5.22. The number of carbonyl (C=O) groups is 1. The lowest BCUT2D eigenvalue weighted by atomic mass is 10.0. The van der Waals surface area contributed by atoms with Crippen LogP contribution in [-0.2, 0) is 4.79 Å². The van der Waals surface area contributed by atoms with Crippen LogP contribution in [0.15, 0.2) is 24.3 Å². The highest BCUT2D eigenvalue weighted by Crippen LogP contribution is 2.42. The van der Waals surface area contributed by atoms with Gasteiger partial charge < -0.3 is 10.1 Å². The second kappa shape index (κ2) is 6.51. The topological polar surface area (TPSA) is 67.0 Å². The Morgan fingerprint density at radius 3 is 2.71 bits per heavy atom. The van der Waals surface area contributed by atoms with E-state index in [4.69, 9.17) is 4.74 Å². The number of rotatable bonds is 3. The van der Waals surface area contributed by atoms with E-state index >= 15 is 0 Å². The van der Waals surface area contributed by atoms with E-state index in [9.17, 15) is 4.79 Å². The SMILES string of the molecule is Cc1[nH]nc2c1[C@@H](c1ccc(OC3CCCC3)cc1)SCC(=O)N2. The van der Waals surface area contributed by atoms with Crippen LogP contribution in [0.2, 0.25) is 0 Å². The molecule has 0 radical (unpaired) electrons. The van der Waals surface area contributed by atoms with Gasteiger partial charge in [-0.15, -0.1) is 11.8 Å². The first-order valence-electron chi connectivity index (χ1n) is 8.43. The van der Waals surface area contributed by atoms with Crippen LogP contribution in [0.3, 0.4) is 0 Å². The number of anilines is 1. The number of ether oxygens (including phenoxy) is 1. The summed E-state index contributed by atoms with van der Waals surface area (Å²) in [5, 5.41) is 10.2. The molecule has 1 fully saturated rings. The average molecular weight is 343 g/mol. The van der Waals surface area contributed by atoms with Gasteiger partial charge in [-0.25, -0.2) is 0 Å². The Kier molecular flexibility index (Phi) is 4.22. The molecule has 4 rings (SSSR count). The number of carbonyl (C=O) groups excluding carboxylic acids is 1. The van der Waals surface area contributed by atoms with Gasteiger partial charge in [-0.05, 0) is 50.3 Å². The van der Waals surface area contributed by atoms with Gasteiger partial charge in [-0.3, -0.25) is 9.89 Å². The van der Waals surface area contributed by atoms with Crippen molar-refractivity contribution in [1.29, 1.82) is 0 Å². The molecule has 1 aliphatic heterocycles. The van der Waals surface area contributed by atoms with Gasteiger partial charge in [0.15, 0.2) is 5.82 Å². The standard InChI is InChI=1S/C18H21N3O2S/c1-11-16-17(24-10-15(22)19-18(16)21-20-11)12-6-8-14(9-7-12)23-13-4-2-3-5-13/h6-9,13,17H,2-5,10H2,1H3,(H2,19,20,21,22)/t17-/m1/s1. The molecule has 0 unspecified atom stereocenters. The predicted molar refractivity (Wildman–Crippen MR) is 95.6 cm³/mol. The molecule has 0 spiro atoms. The van der Waals surface area contributed by atoms with E-state index in [0.717, 1.165) is 29.8 Å². The maximum atomic E-state index is 11.9. The molecule has 5 nitrogen and oxygen atoms in total. The van der Waals surface area contributed by atoms with Crippen LogP contribution in [0, 0.1) is 6.92 Å². The van der Waals surface area contributed by atoms with Crippen molar-refractivity contribution in [3.05, 3.63) is 41.1 Å². The third-order valence-electron chi connectivity index (χ3n) is 4.68. The number of hydrogen-bond acceptors (Lipinski definition) is 4. The predicted octanol–water partition coefficient (Wildman–Crippen LogP) is 3.81. The van der Waals surface area contributed by atoms with Crippen LogP contribution >= 0.6 is 11.8 Å². The molecule has 2 heterocycles. The highest BCUT2D eigenvalue weighted by molar-refractivity contribution is 8.00. The Labute approximate surface area is 145 Å². The van der Waals surface area contributed by atoms with Gasteiger partial charge in [0.25, 0.3) is 0 Å². The minimum atomic E-state index is -0.00330. The fourth-order valence-corrected chi connectivity index (χ4v) is 4.64. The number of amides is 1. The number of aromatic nitrogens is 2. The largest absolute Gasteiger partial charge is 0.490 e. The van der Waals surface area contributed by atoms with E-state index in [0.29, 0.717) is 17.7 Å². The van der Waals surface area contributed by atoms with Gasteiger partial charge in [-0.2, -0.15) is 5.10 Å². The van der Waals surface area contributed by atoms with Crippen molar-refractivity contribution in [2.75, 3.05) is 11.1 Å². The van der Waals surface area contributed by atoms with Gasteiger partial charge in [0, 0.05) is 11.3 Å². The maximum absolute atomic E-state index is 11.9. The summed E-state index contributed by atoms with van der Waals surface area (Å²) in [5.41, 5.74) is 3.23. The minimum Gasteiger partial charge on any atom is -0.490 e. The van der Waals surface area contributed by atoms with E-state index in [1.807, 2.05) is 19.1 Å². The molecule has 2 aromatic rings. The average Bonchev–Trinajstić information content (AvgIpc) is 3.17. The third-order valence-corrected chi connectivity index (χ3v) is 5.95. The Morgan fingerprint density at radius 2 is 1.96 bits per heavy atom. The number of thioether (sulfide) groups is 1. The second-order valence-electron chi connectivity index (χ2n) is 6.44. The van der Waals surface area contributed by atoms with Crippen molar-refractivity contribution in [2.45, 2.75) is 44.0 Å². The molecule has 0 saturated heterocycles. The summed E-state index contributed by atoms with van der Waals surface area (Å²) in [5.74, 6) is 2.01. The zero-order valence-corrected chi connectivity index (χ0v) is 14.5. The molecular formula is C18H21N3O2S. The zero-order valence-electron chi connectivity index (χ0n) is 13.7. The van der Waals surface area contributed by atoms with Gasteiger partial charge in [0.1, 0.15) is 5.75 Å². The number of nitrogens with zero attached hydrogens (tertiary/aromatic N) is 1. The van der Waals surface area contributed by atoms with E-state index in [2.05, 4.69) is 27.6 Å². The molecule has 126 valence electrons. The lowest BCUT2D eigenvalue weighted by Gasteiger charge is -2.17. The maximum Gasteiger partial charge on any atom is 0.235 e. The lowest BCUT2D eigenvalue weighted by molar-refractivity contribution is -0.113. The molecular weight excluding hydrogens is 322 g/mol. The molecule has 1 atom stereocenters. The lowest BCUT2D eigenvalue weighted by Crippen LogP contribution is -2.12. The normalized spacial score (nSPS) is 21.2. The van der Waals surface area contributed by atoms with E-state index in [1.54, 1.807) is 11.8 Å². The molecule has 1 aromatic carbocycles. The van der Waals surface area contributed by atoms with E-state index < -0.39 is 0 Å². The Hall–Kier alpha value is -1.95. The summed E-state index contributed by atoms with van der Waals surface area (Å²) < 4.78 is 6.05. The number of aromatic amines is 1. The summed E-state index contributed by atoms with van der Waals surface area (Å²) in [6, 6.07) is 8.30. The Bertz CT molecular complexity index is 735. The smallest absolute Gasteiger partial charge is 0.235 e. The monoisotopic (exact) mass is 343 g/mol. The second-order valence-corrected chi connectivity index (χ2v) is 7.54. The van der Waals surface area contributed by atoms with Crippen molar-refractivity contribution in [2.24, 2.45) is 0 Å². The Balaban J connectivity index is 1.58. The number of benzene rings is 1. The van der Waals surface area contributed by atoms with Crippen LogP contribution in [0.1, 0.15) is 47.8 Å². The minimum absolute atomic E-state index is 0.00330. The van der Waals surface area contributed by atoms with Gasteiger partial charge >= 0.3 is 0 Å². The van der Waals surface area contributed by atoms with Crippen LogP contribution in [0.25, 0.3) is 0 Å². The molecule has 1 amide bonds. The summed E-state index contributed by atoms with van der Waals surface area (Å²) >= 11 is 1.63. The fourth-order valence-electron chi connectivity index (χ4n) is 3.45. The molecule has 1 aromatic heterocycles. The van der Waals surface area contributed by atoms with Crippen molar-refractivity contribution < 1.29 is 9.53 Å². The first-order valence-corrected chi connectivity index (χ1v) is 9.48. The van der Waals surface area contributed by atoms with Crippen LogP contribution in [0.5, 0.6) is 5.75 Å². The molecule has 2 aliphatic rings. The number of nitrogens with one attached hydrogen (secondary N) is 2. The van der Waals surface area contributed by atoms with Crippen LogP contribution < -0.4 is 10.1 Å². The van der Waals surface area contributed by atoms with Crippen LogP contribution in [0.4, 0.5) is 5.82 Å². The van der Waals surface area contributed by atoms with Crippen LogP contribution in [-0.4, -0.2) is 28.0 Å². The number of hydrogen-bond donors (Lipinski definition) is 2. The highest BCUT2D eigenvalue weighted by Gasteiger charge is 2.28. The zero-order chi connectivity index (χ0) is 16.5. The van der Waals surface area contributed by atoms with Crippen molar-refractivity contribution in [1.82, 2.24) is 10.2 Å². The van der Waals surface area contributed by atoms with Gasteiger partial charge in [0.2, 0.25) is 5.91 Å². The summed E-state index contributed by atoms with van der Waals surface area (Å²) in [7, 11) is 0. The molecule has 1 aliphatic carbocycles. The number of aryl methyl sites for hydroxylation is 1. The molecule has 0 bridgehead atoms. The van der Waals surface area contributed by atoms with Crippen molar-refractivity contribution in [3.63, 3.8) is 0 Å². The quantitative estimate of drug-likeness (QED) is 0.889. The van der Waals surface area contributed by atoms with Gasteiger partial charge in [-0.1, -0.05) is 12.1 Å². The molecule has 6 heteroatoms. The van der Waals surface area contributed by atoms with E-state index in [1.165, 1.54) is 18.4 Å². The fraction of sp³-hybridized carbons (Fsp3) is 0.444. The highest BCUT2D eigenvalue weighted by atomic mass is 32.2. The number of H-pyrrole nitrogens is 1. The Morgan fingerprint density at radius 1 is 1.21 bits per heavy atom. The summed E-state index contributed by atoms with van der Waals surface area (Å²) in [6.45, 7) is 1.99. The number of fused-ring (bicyclic) bond motifs is 1. The van der Waals surface area contributed by atoms with E-state index in [-0.39, 0.29) is 11.2 Å². The summed E-state index contributed by atoms with van der Waals surface area (Å²) in [4.78, 5) is 11.9. The molecule has 2 N–H and O–H groups in total. The van der Waals surface area contributed by atoms with Gasteiger partial charge in [0.05, 0.1) is 17.1 Å². The first-order chi connectivity index (χ1) is 11.7. The van der Waals surface area contributed by atoms with Crippen molar-refractivity contribution in [3.8, 4) is 5.75 Å². The van der Waals surface area contributed by atoms with Crippen molar-refractivity contribution >= 4 is 23.5 Å². The molecule has 1 saturated carbocycles. The third kappa shape index (κ3) is 3.02. The first kappa shape index (κ1) is 15.6. The molecule has 24 heavy (non-hydrogen) atoms.